The van der Waals surface area contributed by atoms with Gasteiger partial charge < -0.3 is 19.7 Å². The molecule has 0 rings (SSSR count). The van der Waals surface area contributed by atoms with Crippen molar-refractivity contribution in [3.05, 3.63) is 72.9 Å². The molecule has 0 aromatic heterocycles. The highest BCUT2D eigenvalue weighted by Gasteiger charge is 2.12. The summed E-state index contributed by atoms with van der Waals surface area (Å²) in [5, 5.41) is 20.1. The molecule has 0 saturated heterocycles. The first-order valence-electron chi connectivity index (χ1n) is 21.6. The van der Waals surface area contributed by atoms with Crippen LogP contribution in [0.25, 0.3) is 0 Å². The summed E-state index contributed by atoms with van der Waals surface area (Å²) in [7, 11) is 0. The van der Waals surface area contributed by atoms with Crippen molar-refractivity contribution >= 4 is 11.9 Å². The highest BCUT2D eigenvalue weighted by Crippen LogP contribution is 2.15. The van der Waals surface area contributed by atoms with Crippen LogP contribution >= 0.6 is 0 Å². The van der Waals surface area contributed by atoms with Crippen molar-refractivity contribution in [2.75, 3.05) is 13.2 Å². The van der Waals surface area contributed by atoms with Gasteiger partial charge in [-0.05, 0) is 44.9 Å². The van der Waals surface area contributed by atoms with Gasteiger partial charge in [0.25, 0.3) is 0 Å². The van der Waals surface area contributed by atoms with Crippen molar-refractivity contribution in [3.8, 4) is 0 Å². The monoisotopic (exact) mass is 741 g/mol. The Balaban J connectivity index is 3.62. The average Bonchev–Trinajstić information content (AvgIpc) is 3.15. The summed E-state index contributed by atoms with van der Waals surface area (Å²) in [5.74, 6) is -0.739. The maximum absolute atomic E-state index is 12.0. The van der Waals surface area contributed by atoms with E-state index in [9.17, 15) is 19.8 Å². The number of hydrogen-bond donors (Lipinski definition) is 2. The van der Waals surface area contributed by atoms with E-state index in [-0.39, 0.29) is 25.6 Å². The van der Waals surface area contributed by atoms with E-state index in [2.05, 4.69) is 50.3 Å². The largest absolute Gasteiger partial charge is 0.463 e. The SMILES string of the molecule is CC/C=C\C/C=C\C/C=C\C/C=C\C=C/C(O)C/C=C\CCC(=O)OC[C@H](O)COC(=O)CCCCCCCCCCCCCCCCCCCCC. The number of rotatable bonds is 38. The zero-order valence-corrected chi connectivity index (χ0v) is 34.1. The molecule has 0 aromatic carbocycles. The number of aliphatic hydroxyl groups is 2. The van der Waals surface area contributed by atoms with Gasteiger partial charge >= 0.3 is 11.9 Å². The number of esters is 2. The smallest absolute Gasteiger partial charge is 0.306 e. The van der Waals surface area contributed by atoms with Crippen LogP contribution < -0.4 is 0 Å². The molecule has 0 radical (unpaired) electrons. The Hall–Kier alpha value is -2.70. The molecule has 2 atom stereocenters. The number of carbonyl (C=O) groups excluding carboxylic acids is 2. The van der Waals surface area contributed by atoms with Gasteiger partial charge in [-0.1, -0.05) is 202 Å². The van der Waals surface area contributed by atoms with Crippen LogP contribution in [-0.2, 0) is 19.1 Å². The van der Waals surface area contributed by atoms with Crippen molar-refractivity contribution in [1.29, 1.82) is 0 Å². The number of carbonyl (C=O) groups is 2. The van der Waals surface area contributed by atoms with E-state index < -0.39 is 18.2 Å². The molecular formula is C47H80O6. The van der Waals surface area contributed by atoms with Crippen LogP contribution in [-0.4, -0.2) is 47.6 Å². The van der Waals surface area contributed by atoms with Gasteiger partial charge in [0.1, 0.15) is 19.3 Å². The first-order valence-corrected chi connectivity index (χ1v) is 21.6. The highest BCUT2D eigenvalue weighted by molar-refractivity contribution is 5.70. The highest BCUT2D eigenvalue weighted by atomic mass is 16.6. The van der Waals surface area contributed by atoms with Gasteiger partial charge in [0.2, 0.25) is 0 Å². The molecule has 2 N–H and O–H groups in total. The van der Waals surface area contributed by atoms with E-state index in [0.717, 1.165) is 44.9 Å². The van der Waals surface area contributed by atoms with Crippen molar-refractivity contribution in [2.45, 2.75) is 199 Å². The lowest BCUT2D eigenvalue weighted by molar-refractivity contribution is -0.152. The van der Waals surface area contributed by atoms with Gasteiger partial charge in [-0.2, -0.15) is 0 Å². The van der Waals surface area contributed by atoms with E-state index in [0.29, 0.717) is 19.3 Å². The van der Waals surface area contributed by atoms with Gasteiger partial charge in [-0.25, -0.2) is 0 Å². The molecule has 0 heterocycles. The maximum atomic E-state index is 12.0. The van der Waals surface area contributed by atoms with Crippen molar-refractivity contribution in [1.82, 2.24) is 0 Å². The average molecular weight is 741 g/mol. The number of unbranched alkanes of at least 4 members (excludes halogenated alkanes) is 18. The number of aliphatic hydroxyl groups excluding tert-OH is 2. The Morgan fingerprint density at radius 1 is 0.491 bits per heavy atom. The Bertz CT molecular complexity index is 991. The number of ether oxygens (including phenoxy) is 2. The molecule has 0 aliphatic carbocycles. The van der Waals surface area contributed by atoms with Crippen LogP contribution in [0.15, 0.2) is 72.9 Å². The minimum Gasteiger partial charge on any atom is -0.463 e. The van der Waals surface area contributed by atoms with Gasteiger partial charge in [-0.15, -0.1) is 0 Å². The van der Waals surface area contributed by atoms with E-state index >= 15 is 0 Å². The molecule has 1 unspecified atom stereocenters. The second kappa shape index (κ2) is 42.0. The second-order valence-electron chi connectivity index (χ2n) is 14.3. The molecule has 6 nitrogen and oxygen atoms in total. The van der Waals surface area contributed by atoms with Gasteiger partial charge in [-0.3, -0.25) is 9.59 Å². The lowest BCUT2D eigenvalue weighted by Crippen LogP contribution is -2.25. The van der Waals surface area contributed by atoms with Crippen LogP contribution in [0, 0.1) is 0 Å². The van der Waals surface area contributed by atoms with Crippen LogP contribution in [0.4, 0.5) is 0 Å². The topological polar surface area (TPSA) is 93.1 Å². The molecule has 0 aliphatic heterocycles. The molecule has 0 saturated carbocycles. The molecule has 6 heteroatoms. The van der Waals surface area contributed by atoms with Crippen LogP contribution in [0.5, 0.6) is 0 Å². The zero-order valence-electron chi connectivity index (χ0n) is 34.1. The molecular weight excluding hydrogens is 661 g/mol. The van der Waals surface area contributed by atoms with Crippen LogP contribution in [0.3, 0.4) is 0 Å². The molecule has 53 heavy (non-hydrogen) atoms. The summed E-state index contributed by atoms with van der Waals surface area (Å²) in [6, 6.07) is 0. The Labute approximate surface area is 326 Å². The van der Waals surface area contributed by atoms with Crippen molar-refractivity contribution in [3.63, 3.8) is 0 Å². The zero-order chi connectivity index (χ0) is 38.7. The van der Waals surface area contributed by atoms with Crippen LogP contribution in [0.1, 0.15) is 187 Å². The summed E-state index contributed by atoms with van der Waals surface area (Å²) < 4.78 is 10.3. The third kappa shape index (κ3) is 41.9. The summed E-state index contributed by atoms with van der Waals surface area (Å²) >= 11 is 0. The normalized spacial score (nSPS) is 13.5. The fourth-order valence-corrected chi connectivity index (χ4v) is 5.78. The fraction of sp³-hybridized carbons (Fsp3) is 0.702. The fourth-order valence-electron chi connectivity index (χ4n) is 5.78. The predicted molar refractivity (Wildman–Crippen MR) is 225 cm³/mol. The van der Waals surface area contributed by atoms with E-state index in [1.54, 1.807) is 6.08 Å². The second-order valence-corrected chi connectivity index (χ2v) is 14.3. The Kier molecular flexibility index (Phi) is 39.9. The quantitative estimate of drug-likeness (QED) is 0.0283. The third-order valence-electron chi connectivity index (χ3n) is 9.05. The predicted octanol–water partition coefficient (Wildman–Crippen LogP) is 12.7. The Morgan fingerprint density at radius 3 is 1.42 bits per heavy atom. The molecule has 0 amide bonds. The lowest BCUT2D eigenvalue weighted by atomic mass is 10.0. The van der Waals surface area contributed by atoms with Crippen LogP contribution in [0.2, 0.25) is 0 Å². The van der Waals surface area contributed by atoms with Crippen molar-refractivity contribution in [2.24, 2.45) is 0 Å². The molecule has 0 aliphatic rings. The number of hydrogen-bond acceptors (Lipinski definition) is 6. The number of allylic oxidation sites excluding steroid dienone is 10. The minimum absolute atomic E-state index is 0.169. The maximum Gasteiger partial charge on any atom is 0.306 e. The third-order valence-corrected chi connectivity index (χ3v) is 9.05. The van der Waals surface area contributed by atoms with E-state index in [1.165, 1.54) is 103 Å². The molecule has 0 bridgehead atoms. The minimum atomic E-state index is -1.03. The molecule has 0 spiro atoms. The van der Waals surface area contributed by atoms with Gasteiger partial charge in [0.05, 0.1) is 6.10 Å². The molecule has 0 fully saturated rings. The summed E-state index contributed by atoms with van der Waals surface area (Å²) in [6.07, 6.45) is 52.8. The van der Waals surface area contributed by atoms with Gasteiger partial charge in [0.15, 0.2) is 0 Å². The van der Waals surface area contributed by atoms with Gasteiger partial charge in [0, 0.05) is 12.8 Å². The standard InChI is InChI=1S/C47H80O6/c1-3-5-7-9-11-13-15-17-18-19-20-21-22-24-26-28-30-32-36-40-46(50)52-42-45(49)43-53-47(51)41-37-33-35-39-44(48)38-34-31-29-27-25-23-16-14-12-10-8-6-4-2/h6,8,12,14,23,25,29,31,33-35,38,44-45,48-49H,3-5,7,9-11,13,15-22,24,26-28,30,32,36-37,39-43H2,1-2H3/b8-6-,14-12-,25-23-,31-29-,35-33-,38-34-/t44?,45-/m1/s1. The first-order chi connectivity index (χ1) is 26.0. The van der Waals surface area contributed by atoms with E-state index in [1.807, 2.05) is 30.4 Å². The Morgan fingerprint density at radius 2 is 0.925 bits per heavy atom. The summed E-state index contributed by atoms with van der Waals surface area (Å²) in [6.45, 7) is 4.04. The van der Waals surface area contributed by atoms with E-state index in [4.69, 9.17) is 9.47 Å². The molecule has 304 valence electrons. The lowest BCUT2D eigenvalue weighted by Gasteiger charge is -2.12. The van der Waals surface area contributed by atoms with Crippen molar-refractivity contribution < 1.29 is 29.3 Å². The first kappa shape index (κ1) is 50.3. The summed E-state index contributed by atoms with van der Waals surface area (Å²) in [5.41, 5.74) is 0. The summed E-state index contributed by atoms with van der Waals surface area (Å²) in [4.78, 5) is 24.0. The molecule has 0 aromatic rings.